The van der Waals surface area contributed by atoms with Gasteiger partial charge in [-0.2, -0.15) is 0 Å². The monoisotopic (exact) mass is 362 g/mol. The van der Waals surface area contributed by atoms with Crippen molar-refractivity contribution in [2.45, 2.75) is 101 Å². The topological polar surface area (TPSA) is 20.2 Å². The fourth-order valence-electron chi connectivity index (χ4n) is 3.24. The molecule has 0 aliphatic heterocycles. The Bertz CT molecular complexity index is 508. The molecule has 0 radical (unpaired) electrons. The minimum Gasteiger partial charge on any atom is -0.396 e. The lowest BCUT2D eigenvalue weighted by atomic mass is 9.79. The fourth-order valence-corrected chi connectivity index (χ4v) is 3.24. The highest BCUT2D eigenvalue weighted by atomic mass is 16.3. The zero-order valence-electron chi connectivity index (χ0n) is 19.4. The van der Waals surface area contributed by atoms with Crippen molar-refractivity contribution in [2.75, 3.05) is 6.61 Å². The molecule has 0 atom stereocenters. The van der Waals surface area contributed by atoms with Crippen LogP contribution in [0.4, 0.5) is 0 Å². The van der Waals surface area contributed by atoms with Gasteiger partial charge in [0.05, 0.1) is 0 Å². The van der Waals surface area contributed by atoms with Crippen molar-refractivity contribution in [3.63, 3.8) is 0 Å². The summed E-state index contributed by atoms with van der Waals surface area (Å²) in [5.74, 6) is 0. The average Bonchev–Trinajstić information content (AvgIpc) is 2.49. The van der Waals surface area contributed by atoms with E-state index in [0.29, 0.717) is 5.41 Å². The predicted molar refractivity (Wildman–Crippen MR) is 118 cm³/mol. The zero-order valence-corrected chi connectivity index (χ0v) is 19.4. The van der Waals surface area contributed by atoms with Crippen molar-refractivity contribution < 1.29 is 5.11 Å². The molecule has 0 bridgehead atoms. The summed E-state index contributed by atoms with van der Waals surface area (Å²) in [6, 6.07) is 0. The number of hydrogen-bond acceptors (Lipinski definition) is 1. The van der Waals surface area contributed by atoms with Gasteiger partial charge in [-0.1, -0.05) is 76.5 Å². The molecule has 0 saturated heterocycles. The lowest BCUT2D eigenvalue weighted by Crippen LogP contribution is -2.16. The van der Waals surface area contributed by atoms with E-state index in [0.717, 1.165) is 32.1 Å². The van der Waals surface area contributed by atoms with E-state index in [-0.39, 0.29) is 17.4 Å². The Morgan fingerprint density at radius 1 is 0.615 bits per heavy atom. The van der Waals surface area contributed by atoms with Gasteiger partial charge in [-0.05, 0) is 76.0 Å². The van der Waals surface area contributed by atoms with Crippen LogP contribution in [0.15, 0.2) is 34.9 Å². The molecule has 0 aromatic heterocycles. The smallest absolute Gasteiger partial charge is 0.0485 e. The second kappa shape index (κ2) is 10.5. The first-order chi connectivity index (χ1) is 11.7. The van der Waals surface area contributed by atoms with Crippen molar-refractivity contribution in [1.29, 1.82) is 0 Å². The molecule has 0 aliphatic rings. The second-order valence-corrected chi connectivity index (χ2v) is 11.0. The maximum atomic E-state index is 9.41. The maximum Gasteiger partial charge on any atom is 0.0485 e. The summed E-state index contributed by atoms with van der Waals surface area (Å²) in [5, 5.41) is 9.41. The molecule has 1 nitrogen and oxygen atoms in total. The quantitative estimate of drug-likeness (QED) is 0.371. The Labute approximate surface area is 164 Å². The molecule has 0 unspecified atom stereocenters. The van der Waals surface area contributed by atoms with Crippen LogP contribution >= 0.6 is 0 Å². The maximum absolute atomic E-state index is 9.41. The largest absolute Gasteiger partial charge is 0.396 e. The predicted octanol–water partition coefficient (Wildman–Crippen LogP) is 7.87. The average molecular weight is 363 g/mol. The van der Waals surface area contributed by atoms with Gasteiger partial charge in [0.1, 0.15) is 0 Å². The van der Waals surface area contributed by atoms with Crippen molar-refractivity contribution in [1.82, 2.24) is 0 Å². The zero-order chi connectivity index (χ0) is 20.6. The molecule has 0 aliphatic carbocycles. The lowest BCUT2D eigenvalue weighted by molar-refractivity contribution is 0.162. The summed E-state index contributed by atoms with van der Waals surface area (Å²) in [6.07, 6.45) is 12.6. The molecular weight excluding hydrogens is 316 g/mol. The molecule has 0 rings (SSSR count). The van der Waals surface area contributed by atoms with Gasteiger partial charge in [0, 0.05) is 6.61 Å². The van der Waals surface area contributed by atoms with Crippen molar-refractivity contribution in [2.24, 2.45) is 16.2 Å². The summed E-state index contributed by atoms with van der Waals surface area (Å²) >= 11 is 0. The summed E-state index contributed by atoms with van der Waals surface area (Å²) in [5.41, 5.74) is 4.94. The van der Waals surface area contributed by atoms with Crippen LogP contribution in [0.1, 0.15) is 101 Å². The van der Waals surface area contributed by atoms with Crippen LogP contribution in [0.3, 0.4) is 0 Å². The summed E-state index contributed by atoms with van der Waals surface area (Å²) in [4.78, 5) is 0. The Hall–Kier alpha value is -0.820. The van der Waals surface area contributed by atoms with Crippen LogP contribution in [-0.2, 0) is 0 Å². The third kappa shape index (κ3) is 12.5. The highest BCUT2D eigenvalue weighted by Gasteiger charge is 2.20. The molecule has 152 valence electrons. The Morgan fingerprint density at radius 2 is 0.962 bits per heavy atom. The molecule has 0 saturated carbocycles. The van der Waals surface area contributed by atoms with E-state index in [2.05, 4.69) is 87.5 Å². The van der Waals surface area contributed by atoms with Crippen LogP contribution in [0.25, 0.3) is 0 Å². The summed E-state index contributed by atoms with van der Waals surface area (Å²) in [7, 11) is 0. The Morgan fingerprint density at radius 3 is 1.31 bits per heavy atom. The number of aliphatic hydroxyl groups excluding tert-OH is 1. The standard InChI is InChI=1S/C25H46O/c1-20(2)11-14-23(5,6)17-21(3)12-15-24(7,8)18-22(4)13-16-25(9,10)19-26/h11-13,26H,14-19H2,1-10H3/b21-12+,22-13?. The van der Waals surface area contributed by atoms with E-state index in [1.165, 1.54) is 16.7 Å². The lowest BCUT2D eigenvalue weighted by Gasteiger charge is -2.27. The number of rotatable bonds is 11. The van der Waals surface area contributed by atoms with Gasteiger partial charge >= 0.3 is 0 Å². The summed E-state index contributed by atoms with van der Waals surface area (Å²) < 4.78 is 0. The van der Waals surface area contributed by atoms with Crippen LogP contribution in [0.2, 0.25) is 0 Å². The van der Waals surface area contributed by atoms with Gasteiger partial charge in [-0.25, -0.2) is 0 Å². The van der Waals surface area contributed by atoms with Gasteiger partial charge in [0.2, 0.25) is 0 Å². The molecular formula is C25H46O. The number of allylic oxidation sites excluding steroid dienone is 6. The third-order valence-corrected chi connectivity index (χ3v) is 5.01. The third-order valence-electron chi connectivity index (χ3n) is 5.01. The summed E-state index contributed by atoms with van der Waals surface area (Å²) in [6.45, 7) is 22.8. The number of aliphatic hydroxyl groups is 1. The molecule has 0 aromatic carbocycles. The van der Waals surface area contributed by atoms with Gasteiger partial charge in [-0.15, -0.1) is 0 Å². The second-order valence-electron chi connectivity index (χ2n) is 11.0. The molecule has 0 spiro atoms. The molecule has 26 heavy (non-hydrogen) atoms. The van der Waals surface area contributed by atoms with E-state index in [9.17, 15) is 5.11 Å². The molecule has 0 amide bonds. The molecule has 0 heterocycles. The van der Waals surface area contributed by atoms with E-state index in [4.69, 9.17) is 0 Å². The van der Waals surface area contributed by atoms with Gasteiger partial charge in [0.25, 0.3) is 0 Å². The Balaban J connectivity index is 4.71. The molecule has 0 fully saturated rings. The van der Waals surface area contributed by atoms with Crippen molar-refractivity contribution in [3.8, 4) is 0 Å². The first-order valence-corrected chi connectivity index (χ1v) is 10.2. The Kier molecular flexibility index (Phi) is 10.2. The van der Waals surface area contributed by atoms with Crippen molar-refractivity contribution in [3.05, 3.63) is 34.9 Å². The van der Waals surface area contributed by atoms with Gasteiger partial charge in [-0.3, -0.25) is 0 Å². The van der Waals surface area contributed by atoms with E-state index < -0.39 is 0 Å². The van der Waals surface area contributed by atoms with Gasteiger partial charge in [0.15, 0.2) is 0 Å². The first kappa shape index (κ1) is 25.2. The van der Waals surface area contributed by atoms with Crippen LogP contribution in [-0.4, -0.2) is 11.7 Å². The fraction of sp³-hybridized carbons (Fsp3) is 0.760. The van der Waals surface area contributed by atoms with Crippen molar-refractivity contribution >= 4 is 0 Å². The SMILES string of the molecule is CC(C)=CCC(C)(C)C/C(C)=C/CC(C)(C)CC(C)=CCC(C)(C)CO. The highest BCUT2D eigenvalue weighted by Crippen LogP contribution is 2.34. The van der Waals surface area contributed by atoms with E-state index >= 15 is 0 Å². The number of hydrogen-bond donors (Lipinski definition) is 1. The normalized spacial score (nSPS) is 14.6. The van der Waals surface area contributed by atoms with Crippen LogP contribution < -0.4 is 0 Å². The van der Waals surface area contributed by atoms with Gasteiger partial charge < -0.3 is 5.11 Å². The molecule has 1 heteroatoms. The first-order valence-electron chi connectivity index (χ1n) is 10.2. The van der Waals surface area contributed by atoms with Crippen LogP contribution in [0.5, 0.6) is 0 Å². The minimum atomic E-state index is -0.0151. The minimum absolute atomic E-state index is 0.0151. The van der Waals surface area contributed by atoms with Crippen LogP contribution in [0, 0.1) is 16.2 Å². The molecule has 1 N–H and O–H groups in total. The highest BCUT2D eigenvalue weighted by molar-refractivity contribution is 5.08. The van der Waals surface area contributed by atoms with E-state index in [1.807, 2.05) is 0 Å². The van der Waals surface area contributed by atoms with E-state index in [1.54, 1.807) is 0 Å². The molecule has 0 aromatic rings.